The van der Waals surface area contributed by atoms with Crippen LogP contribution in [0, 0.1) is 0 Å². The Labute approximate surface area is 160 Å². The van der Waals surface area contributed by atoms with E-state index in [1.165, 1.54) is 17.7 Å². The zero-order valence-corrected chi connectivity index (χ0v) is 15.2. The molecule has 0 aliphatic rings. The highest BCUT2D eigenvalue weighted by Gasteiger charge is 2.30. The fourth-order valence-corrected chi connectivity index (χ4v) is 3.40. The lowest BCUT2D eigenvalue weighted by Gasteiger charge is -2.13. The third-order valence-corrected chi connectivity index (χ3v) is 4.84. The topological polar surface area (TPSA) is 30.2 Å². The largest absolute Gasteiger partial charge is 0.416 e. The molecule has 0 N–H and O–H groups in total. The third-order valence-electron chi connectivity index (χ3n) is 4.84. The van der Waals surface area contributed by atoms with Crippen LogP contribution in [-0.4, -0.2) is 14.6 Å². The van der Waals surface area contributed by atoms with Crippen LogP contribution < -0.4 is 0 Å². The van der Waals surface area contributed by atoms with E-state index in [0.29, 0.717) is 16.8 Å². The normalized spacial score (nSPS) is 13.0. The monoisotopic (exact) mass is 381 g/mol. The molecule has 6 heteroatoms. The predicted octanol–water partition coefficient (Wildman–Crippen LogP) is 5.76. The Kier molecular flexibility index (Phi) is 4.63. The van der Waals surface area contributed by atoms with Gasteiger partial charge < -0.3 is 0 Å². The fraction of sp³-hybridized carbons (Fsp3) is 0.182. The smallest absolute Gasteiger partial charge is 0.236 e. The summed E-state index contributed by atoms with van der Waals surface area (Å²) in [5.74, 6) is 0.202. The van der Waals surface area contributed by atoms with Crippen molar-refractivity contribution in [2.75, 3.05) is 0 Å². The van der Waals surface area contributed by atoms with Gasteiger partial charge in [0.05, 0.1) is 11.8 Å². The summed E-state index contributed by atoms with van der Waals surface area (Å²) in [7, 11) is 0. The van der Waals surface area contributed by atoms with Crippen molar-refractivity contribution in [1.82, 2.24) is 14.6 Å². The molecule has 0 saturated carbocycles. The van der Waals surface area contributed by atoms with Crippen LogP contribution in [0.2, 0.25) is 0 Å². The van der Waals surface area contributed by atoms with E-state index >= 15 is 0 Å². The minimum absolute atomic E-state index is 0.202. The first-order valence-electron chi connectivity index (χ1n) is 8.97. The zero-order chi connectivity index (χ0) is 19.7. The number of fused-ring (bicyclic) bond motifs is 1. The molecule has 28 heavy (non-hydrogen) atoms. The summed E-state index contributed by atoms with van der Waals surface area (Å²) in [5.41, 5.74) is 3.57. The van der Waals surface area contributed by atoms with Crippen molar-refractivity contribution < 1.29 is 13.2 Å². The summed E-state index contributed by atoms with van der Waals surface area (Å²) in [6.07, 6.45) is -0.113. The van der Waals surface area contributed by atoms with Crippen LogP contribution in [0.5, 0.6) is 0 Å². The summed E-state index contributed by atoms with van der Waals surface area (Å²) in [5, 5.41) is 4.46. The first-order chi connectivity index (χ1) is 13.4. The number of halogens is 3. The van der Waals surface area contributed by atoms with Crippen molar-refractivity contribution in [3.05, 3.63) is 89.9 Å². The van der Waals surface area contributed by atoms with Crippen LogP contribution in [0.25, 0.3) is 16.8 Å². The van der Waals surface area contributed by atoms with E-state index in [0.717, 1.165) is 24.2 Å². The molecule has 0 fully saturated rings. The van der Waals surface area contributed by atoms with E-state index in [1.807, 2.05) is 24.3 Å². The van der Waals surface area contributed by atoms with Gasteiger partial charge in [-0.1, -0.05) is 49.4 Å². The first kappa shape index (κ1) is 18.2. The zero-order valence-electron chi connectivity index (χ0n) is 15.2. The fourth-order valence-electron chi connectivity index (χ4n) is 3.40. The van der Waals surface area contributed by atoms with Crippen LogP contribution >= 0.6 is 0 Å². The molecule has 0 aliphatic carbocycles. The summed E-state index contributed by atoms with van der Waals surface area (Å²) in [4.78, 5) is 4.42. The maximum absolute atomic E-state index is 12.8. The van der Waals surface area contributed by atoms with Crippen LogP contribution in [0.1, 0.15) is 29.7 Å². The van der Waals surface area contributed by atoms with Gasteiger partial charge in [-0.2, -0.15) is 18.3 Å². The Morgan fingerprint density at radius 1 is 0.964 bits per heavy atom. The van der Waals surface area contributed by atoms with E-state index in [4.69, 9.17) is 0 Å². The molecule has 0 amide bonds. The minimum atomic E-state index is -4.35. The number of benzene rings is 2. The van der Waals surface area contributed by atoms with Gasteiger partial charge in [0.1, 0.15) is 0 Å². The van der Waals surface area contributed by atoms with Gasteiger partial charge in [0.25, 0.3) is 0 Å². The van der Waals surface area contributed by atoms with Crippen molar-refractivity contribution in [3.63, 3.8) is 0 Å². The molecule has 0 bridgehead atoms. The lowest BCUT2D eigenvalue weighted by molar-refractivity contribution is -0.137. The molecule has 0 saturated heterocycles. The van der Waals surface area contributed by atoms with E-state index in [9.17, 15) is 13.2 Å². The molecule has 2 aromatic carbocycles. The summed E-state index contributed by atoms with van der Waals surface area (Å²) in [6.45, 7) is 2.13. The van der Waals surface area contributed by atoms with Crippen molar-refractivity contribution in [2.24, 2.45) is 0 Å². The van der Waals surface area contributed by atoms with Gasteiger partial charge in [0, 0.05) is 23.4 Å². The highest BCUT2D eigenvalue weighted by Crippen LogP contribution is 2.32. The number of aromatic nitrogens is 3. The van der Waals surface area contributed by atoms with Crippen LogP contribution in [-0.2, 0) is 12.6 Å². The second kappa shape index (κ2) is 7.11. The predicted molar refractivity (Wildman–Crippen MR) is 102 cm³/mol. The van der Waals surface area contributed by atoms with Crippen molar-refractivity contribution >= 4 is 5.65 Å². The van der Waals surface area contributed by atoms with Crippen LogP contribution in [0.4, 0.5) is 13.2 Å². The Bertz CT molecular complexity index is 1080. The molecule has 0 aliphatic heterocycles. The van der Waals surface area contributed by atoms with Gasteiger partial charge in [0.2, 0.25) is 0 Å². The molecule has 2 heterocycles. The molecule has 142 valence electrons. The van der Waals surface area contributed by atoms with E-state index < -0.39 is 11.7 Å². The minimum Gasteiger partial charge on any atom is -0.236 e. The summed E-state index contributed by atoms with van der Waals surface area (Å²) < 4.78 is 40.2. The Balaban J connectivity index is 1.69. The first-order valence-corrected chi connectivity index (χ1v) is 8.97. The summed E-state index contributed by atoms with van der Waals surface area (Å²) >= 11 is 0. The number of hydrogen-bond donors (Lipinski definition) is 0. The maximum atomic E-state index is 12.8. The van der Waals surface area contributed by atoms with Crippen molar-refractivity contribution in [3.8, 4) is 11.1 Å². The second-order valence-electron chi connectivity index (χ2n) is 6.83. The lowest BCUT2D eigenvalue weighted by Crippen LogP contribution is -2.07. The molecule has 2 aromatic heterocycles. The van der Waals surface area contributed by atoms with E-state index in [2.05, 4.69) is 29.1 Å². The van der Waals surface area contributed by atoms with Crippen molar-refractivity contribution in [2.45, 2.75) is 25.4 Å². The lowest BCUT2D eigenvalue weighted by atomic mass is 9.98. The molecule has 1 atom stereocenters. The Morgan fingerprint density at radius 2 is 1.68 bits per heavy atom. The maximum Gasteiger partial charge on any atom is 0.416 e. The average molecular weight is 381 g/mol. The van der Waals surface area contributed by atoms with E-state index in [1.54, 1.807) is 16.9 Å². The number of nitrogens with zero attached hydrogens (tertiary/aromatic N) is 3. The molecule has 4 rings (SSSR count). The molecular formula is C22H18F3N3. The van der Waals surface area contributed by atoms with Crippen LogP contribution in [0.15, 0.2) is 73.1 Å². The van der Waals surface area contributed by atoms with Gasteiger partial charge in [0.15, 0.2) is 5.65 Å². The molecule has 3 nitrogen and oxygen atoms in total. The number of hydrogen-bond acceptors (Lipinski definition) is 2. The molecular weight excluding hydrogens is 363 g/mol. The van der Waals surface area contributed by atoms with Gasteiger partial charge in [-0.3, -0.25) is 0 Å². The van der Waals surface area contributed by atoms with Crippen molar-refractivity contribution in [1.29, 1.82) is 0 Å². The second-order valence-corrected chi connectivity index (χ2v) is 6.83. The number of rotatable bonds is 4. The molecule has 0 spiro atoms. The quantitative estimate of drug-likeness (QED) is 0.450. The standard InChI is InChI=1S/C22H18F3N3/c1-15(13-16-5-3-2-4-6-16)20-11-12-26-21-19(14-27-28(20)21)17-7-9-18(10-8-17)22(23,24)25/h2-12,14-15H,13H2,1H3/t15-/m1/s1. The van der Waals surface area contributed by atoms with E-state index in [-0.39, 0.29) is 5.92 Å². The number of alkyl halides is 3. The summed E-state index contributed by atoms with van der Waals surface area (Å²) in [6, 6.07) is 17.2. The van der Waals surface area contributed by atoms with Gasteiger partial charge in [-0.05, 0) is 35.7 Å². The molecule has 4 aromatic rings. The van der Waals surface area contributed by atoms with Gasteiger partial charge in [-0.15, -0.1) is 0 Å². The Hall–Kier alpha value is -3.15. The van der Waals surface area contributed by atoms with Crippen LogP contribution in [0.3, 0.4) is 0 Å². The molecule has 0 unspecified atom stereocenters. The third kappa shape index (κ3) is 3.50. The molecule has 0 radical (unpaired) electrons. The highest BCUT2D eigenvalue weighted by atomic mass is 19.4. The Morgan fingerprint density at radius 3 is 2.36 bits per heavy atom. The van der Waals surface area contributed by atoms with Gasteiger partial charge in [-0.25, -0.2) is 9.50 Å². The average Bonchev–Trinajstić information content (AvgIpc) is 3.12. The van der Waals surface area contributed by atoms with Gasteiger partial charge >= 0.3 is 6.18 Å². The SMILES string of the molecule is C[C@H](Cc1ccccc1)c1ccnc2c(-c3ccc(C(F)(F)F)cc3)cnn12. The highest BCUT2D eigenvalue weighted by molar-refractivity contribution is 5.77.